The minimum absolute atomic E-state index is 0.189. The molecule has 0 amide bonds. The number of sulfonamides is 1. The Morgan fingerprint density at radius 2 is 2.07 bits per heavy atom. The fourth-order valence-corrected chi connectivity index (χ4v) is 4.00. The second kappa shape index (κ2) is 6.30. The van der Waals surface area contributed by atoms with Crippen LogP contribution in [0.5, 0.6) is 0 Å². The van der Waals surface area contributed by atoms with E-state index >= 15 is 0 Å². The molecular weight excluding hydrogens is 387 g/mol. The van der Waals surface area contributed by atoms with Crippen molar-refractivity contribution in [2.45, 2.75) is 30.8 Å². The van der Waals surface area contributed by atoms with Crippen LogP contribution in [0.2, 0.25) is 0 Å². The molecule has 12 heteroatoms. The summed E-state index contributed by atoms with van der Waals surface area (Å²) in [5.41, 5.74) is 1.57. The lowest BCUT2D eigenvalue weighted by Crippen LogP contribution is -2.30. The monoisotopic (exact) mass is 401 g/mol. The van der Waals surface area contributed by atoms with E-state index in [1.165, 1.54) is 6.33 Å². The second-order valence-electron chi connectivity index (χ2n) is 6.20. The van der Waals surface area contributed by atoms with E-state index in [1.807, 2.05) is 0 Å². The highest BCUT2D eigenvalue weighted by atomic mass is 32.2. The quantitative estimate of drug-likeness (QED) is 0.679. The topological polar surface area (TPSA) is 103 Å². The Bertz CT molecular complexity index is 1090. The molecule has 0 spiro atoms. The standard InChI is InChI=1S/C15H14F3N5O3S/c16-15(17,18)14-21-13(22-26-14)9-1-4-11-12(7-9)23(8-19-11)6-5-20-27(24,25)10-2-3-10/h1,4,7-8,10,20H,2-3,5-6H2. The minimum atomic E-state index is -4.71. The SMILES string of the molecule is O=S(=O)(NCCn1cnc2ccc(-c3noc(C(F)(F)F)n3)cc21)C1CC1. The second-order valence-corrected chi connectivity index (χ2v) is 8.25. The van der Waals surface area contributed by atoms with Crippen LogP contribution in [0, 0.1) is 0 Å². The summed E-state index contributed by atoms with van der Waals surface area (Å²) in [6, 6.07) is 4.75. The maximum atomic E-state index is 12.6. The Labute approximate surface area is 151 Å². The number of aromatic nitrogens is 4. The van der Waals surface area contributed by atoms with Gasteiger partial charge in [-0.3, -0.25) is 0 Å². The molecule has 0 radical (unpaired) electrons. The smallest absolute Gasteiger partial charge is 0.329 e. The van der Waals surface area contributed by atoms with Crippen LogP contribution in [0.1, 0.15) is 18.7 Å². The maximum absolute atomic E-state index is 12.6. The van der Waals surface area contributed by atoms with Gasteiger partial charge in [0.15, 0.2) is 0 Å². The zero-order valence-electron chi connectivity index (χ0n) is 13.8. The number of nitrogens with one attached hydrogen (secondary N) is 1. The summed E-state index contributed by atoms with van der Waals surface area (Å²) < 4.78 is 70.1. The van der Waals surface area contributed by atoms with Gasteiger partial charge >= 0.3 is 12.1 Å². The van der Waals surface area contributed by atoms with Gasteiger partial charge in [0.25, 0.3) is 0 Å². The van der Waals surface area contributed by atoms with Crippen LogP contribution in [-0.2, 0) is 22.7 Å². The Balaban J connectivity index is 1.55. The summed E-state index contributed by atoms with van der Waals surface area (Å²) in [4.78, 5) is 7.57. The van der Waals surface area contributed by atoms with Gasteiger partial charge in [0.2, 0.25) is 15.8 Å². The van der Waals surface area contributed by atoms with E-state index in [1.54, 1.807) is 22.8 Å². The van der Waals surface area contributed by atoms with E-state index in [0.29, 0.717) is 36.0 Å². The molecule has 8 nitrogen and oxygen atoms in total. The molecule has 1 aliphatic carbocycles. The predicted molar refractivity (Wildman–Crippen MR) is 88.0 cm³/mol. The van der Waals surface area contributed by atoms with Gasteiger partial charge in [-0.15, -0.1) is 0 Å². The fraction of sp³-hybridized carbons (Fsp3) is 0.400. The van der Waals surface area contributed by atoms with Gasteiger partial charge in [-0.2, -0.15) is 18.2 Å². The van der Waals surface area contributed by atoms with Gasteiger partial charge in [-0.25, -0.2) is 18.1 Å². The first-order chi connectivity index (χ1) is 12.7. The molecule has 0 bridgehead atoms. The summed E-state index contributed by atoms with van der Waals surface area (Å²) in [7, 11) is -3.28. The van der Waals surface area contributed by atoms with Gasteiger partial charge in [0, 0.05) is 18.7 Å². The predicted octanol–water partition coefficient (Wildman–Crippen LogP) is 2.19. The highest BCUT2D eigenvalue weighted by molar-refractivity contribution is 7.90. The average Bonchev–Trinajstić information content (AvgIpc) is 3.21. The molecule has 1 fully saturated rings. The van der Waals surface area contributed by atoms with Gasteiger partial charge < -0.3 is 9.09 Å². The third-order valence-electron chi connectivity index (χ3n) is 4.17. The number of nitrogens with zero attached hydrogens (tertiary/aromatic N) is 4. The lowest BCUT2D eigenvalue weighted by Gasteiger charge is -2.07. The molecule has 1 N–H and O–H groups in total. The van der Waals surface area contributed by atoms with E-state index in [0.717, 1.165) is 0 Å². The zero-order chi connectivity index (χ0) is 19.2. The van der Waals surface area contributed by atoms with E-state index < -0.39 is 22.1 Å². The van der Waals surface area contributed by atoms with Crippen molar-refractivity contribution < 1.29 is 26.1 Å². The molecule has 1 saturated carbocycles. The molecule has 2 heterocycles. The maximum Gasteiger partial charge on any atom is 0.471 e. The molecule has 27 heavy (non-hydrogen) atoms. The van der Waals surface area contributed by atoms with Crippen molar-refractivity contribution in [1.29, 1.82) is 0 Å². The summed E-state index contributed by atoms with van der Waals surface area (Å²) in [6.45, 7) is 0.515. The number of fused-ring (bicyclic) bond motifs is 1. The number of rotatable bonds is 6. The molecule has 0 saturated heterocycles. The number of benzene rings is 1. The first-order valence-corrected chi connectivity index (χ1v) is 9.63. The molecule has 0 aliphatic heterocycles. The van der Waals surface area contributed by atoms with Crippen LogP contribution < -0.4 is 4.72 Å². The van der Waals surface area contributed by atoms with Crippen molar-refractivity contribution in [3.8, 4) is 11.4 Å². The molecule has 0 unspecified atom stereocenters. The summed E-state index contributed by atoms with van der Waals surface area (Å²) in [5, 5.41) is 3.07. The summed E-state index contributed by atoms with van der Waals surface area (Å²) in [6.07, 6.45) is -1.82. The fourth-order valence-electron chi connectivity index (χ4n) is 2.63. The number of hydrogen-bond donors (Lipinski definition) is 1. The van der Waals surface area contributed by atoms with E-state index in [4.69, 9.17) is 0 Å². The molecule has 0 atom stereocenters. The Morgan fingerprint density at radius 1 is 1.30 bits per heavy atom. The Kier molecular flexibility index (Phi) is 4.18. The van der Waals surface area contributed by atoms with E-state index in [9.17, 15) is 21.6 Å². The number of halogens is 3. The van der Waals surface area contributed by atoms with E-state index in [-0.39, 0.29) is 17.6 Å². The van der Waals surface area contributed by atoms with Crippen LogP contribution in [-0.4, -0.2) is 39.9 Å². The lowest BCUT2D eigenvalue weighted by molar-refractivity contribution is -0.159. The minimum Gasteiger partial charge on any atom is -0.329 e. The summed E-state index contributed by atoms with van der Waals surface area (Å²) >= 11 is 0. The first-order valence-electron chi connectivity index (χ1n) is 8.09. The molecule has 2 aromatic heterocycles. The average molecular weight is 401 g/mol. The largest absolute Gasteiger partial charge is 0.471 e. The van der Waals surface area contributed by atoms with Crippen molar-refractivity contribution in [3.05, 3.63) is 30.4 Å². The third-order valence-corrected chi connectivity index (χ3v) is 6.12. The van der Waals surface area contributed by atoms with Gasteiger partial charge in [-0.05, 0) is 31.0 Å². The summed E-state index contributed by atoms with van der Waals surface area (Å²) in [5.74, 6) is -1.60. The molecule has 1 aromatic carbocycles. The van der Waals surface area contributed by atoms with Gasteiger partial charge in [0.05, 0.1) is 22.6 Å². The number of imidazole rings is 1. The van der Waals surface area contributed by atoms with Crippen molar-refractivity contribution >= 4 is 21.1 Å². The van der Waals surface area contributed by atoms with Crippen LogP contribution in [0.4, 0.5) is 13.2 Å². The third kappa shape index (κ3) is 3.67. The van der Waals surface area contributed by atoms with Crippen LogP contribution >= 0.6 is 0 Å². The number of alkyl halides is 3. The van der Waals surface area contributed by atoms with Crippen LogP contribution in [0.25, 0.3) is 22.4 Å². The highest BCUT2D eigenvalue weighted by Crippen LogP contribution is 2.30. The zero-order valence-corrected chi connectivity index (χ0v) is 14.6. The Morgan fingerprint density at radius 3 is 2.74 bits per heavy atom. The van der Waals surface area contributed by atoms with Crippen LogP contribution in [0.15, 0.2) is 29.0 Å². The van der Waals surface area contributed by atoms with Gasteiger partial charge in [0.1, 0.15) is 0 Å². The molecular formula is C15H14F3N5O3S. The molecule has 144 valence electrons. The van der Waals surface area contributed by atoms with Crippen molar-refractivity contribution in [3.63, 3.8) is 0 Å². The molecule has 3 aromatic rings. The Hall–Kier alpha value is -2.47. The van der Waals surface area contributed by atoms with Crippen LogP contribution in [0.3, 0.4) is 0 Å². The first kappa shape index (κ1) is 17.9. The van der Waals surface area contributed by atoms with Crippen molar-refractivity contribution in [2.24, 2.45) is 0 Å². The highest BCUT2D eigenvalue weighted by Gasteiger charge is 2.38. The van der Waals surface area contributed by atoms with E-state index in [2.05, 4.69) is 24.4 Å². The molecule has 1 aliphatic rings. The normalized spacial score (nSPS) is 15.5. The van der Waals surface area contributed by atoms with Crippen molar-refractivity contribution in [1.82, 2.24) is 24.4 Å². The lowest BCUT2D eigenvalue weighted by atomic mass is 10.2. The molecule has 4 rings (SSSR count). The van der Waals surface area contributed by atoms with Crippen molar-refractivity contribution in [2.75, 3.05) is 6.54 Å². The van der Waals surface area contributed by atoms with Gasteiger partial charge in [-0.1, -0.05) is 5.16 Å². The number of hydrogen-bond acceptors (Lipinski definition) is 6.